The van der Waals surface area contributed by atoms with E-state index in [1.165, 1.54) is 12.3 Å². The standard InChI is InChI=1S/C10H10F2N2/c11-7-2-1-3-9-10(7)6(5-14-9)8(12)4-13/h1-3,5,8,14H,4,13H2. The van der Waals surface area contributed by atoms with Crippen molar-refractivity contribution in [2.45, 2.75) is 6.17 Å². The van der Waals surface area contributed by atoms with Gasteiger partial charge in [0.05, 0.1) is 0 Å². The predicted octanol–water partition coefficient (Wildman–Crippen LogP) is 2.28. The van der Waals surface area contributed by atoms with Gasteiger partial charge < -0.3 is 10.7 Å². The Morgan fingerprint density at radius 2 is 2.21 bits per heavy atom. The molecular formula is C10H10F2N2. The number of aromatic nitrogens is 1. The van der Waals surface area contributed by atoms with Crippen molar-refractivity contribution >= 4 is 10.9 Å². The van der Waals surface area contributed by atoms with E-state index in [2.05, 4.69) is 4.98 Å². The van der Waals surface area contributed by atoms with Gasteiger partial charge in [-0.3, -0.25) is 0 Å². The molecule has 0 aliphatic heterocycles. The van der Waals surface area contributed by atoms with Crippen molar-refractivity contribution in [3.8, 4) is 0 Å². The Balaban J connectivity index is 2.67. The number of nitrogens with one attached hydrogen (secondary N) is 1. The Hall–Kier alpha value is -1.42. The summed E-state index contributed by atoms with van der Waals surface area (Å²) in [5.74, 6) is -0.421. The third-order valence-electron chi connectivity index (χ3n) is 2.23. The monoisotopic (exact) mass is 196 g/mol. The zero-order chi connectivity index (χ0) is 10.1. The number of nitrogens with two attached hydrogens (primary N) is 1. The fourth-order valence-corrected chi connectivity index (χ4v) is 1.54. The van der Waals surface area contributed by atoms with Crippen LogP contribution in [0.1, 0.15) is 11.7 Å². The second-order valence-electron chi connectivity index (χ2n) is 3.11. The van der Waals surface area contributed by atoms with Crippen molar-refractivity contribution in [1.29, 1.82) is 0 Å². The molecule has 2 aromatic rings. The molecule has 0 radical (unpaired) electrons. The largest absolute Gasteiger partial charge is 0.361 e. The molecule has 2 rings (SSSR count). The summed E-state index contributed by atoms with van der Waals surface area (Å²) in [6.07, 6.45) is 0.145. The molecule has 1 heterocycles. The van der Waals surface area contributed by atoms with E-state index >= 15 is 0 Å². The summed E-state index contributed by atoms with van der Waals surface area (Å²) in [6, 6.07) is 4.59. The van der Waals surface area contributed by atoms with Crippen LogP contribution < -0.4 is 5.73 Å². The van der Waals surface area contributed by atoms with E-state index in [4.69, 9.17) is 5.73 Å². The molecule has 0 aliphatic carbocycles. The van der Waals surface area contributed by atoms with Crippen LogP contribution in [0.3, 0.4) is 0 Å². The minimum Gasteiger partial charge on any atom is -0.361 e. The summed E-state index contributed by atoms with van der Waals surface area (Å²) < 4.78 is 26.6. The smallest absolute Gasteiger partial charge is 0.139 e. The Kier molecular flexibility index (Phi) is 2.21. The van der Waals surface area contributed by atoms with Gasteiger partial charge in [0.15, 0.2) is 0 Å². The Labute approximate surface area is 79.7 Å². The first-order valence-corrected chi connectivity index (χ1v) is 4.33. The Morgan fingerprint density at radius 3 is 2.93 bits per heavy atom. The number of hydrogen-bond donors (Lipinski definition) is 2. The first-order chi connectivity index (χ1) is 6.74. The van der Waals surface area contributed by atoms with Crippen LogP contribution in [0.4, 0.5) is 8.78 Å². The molecule has 14 heavy (non-hydrogen) atoms. The molecule has 0 fully saturated rings. The van der Waals surface area contributed by atoms with Crippen LogP contribution >= 0.6 is 0 Å². The van der Waals surface area contributed by atoms with Crippen LogP contribution in [0.25, 0.3) is 10.9 Å². The van der Waals surface area contributed by atoms with Crippen LogP contribution in [-0.2, 0) is 0 Å². The number of hydrogen-bond acceptors (Lipinski definition) is 1. The van der Waals surface area contributed by atoms with Gasteiger partial charge in [0, 0.05) is 29.2 Å². The van der Waals surface area contributed by atoms with Gasteiger partial charge in [0.25, 0.3) is 0 Å². The number of fused-ring (bicyclic) bond motifs is 1. The van der Waals surface area contributed by atoms with Gasteiger partial charge in [-0.15, -0.1) is 0 Å². The average Bonchev–Trinajstić information content (AvgIpc) is 2.62. The second-order valence-corrected chi connectivity index (χ2v) is 3.11. The van der Waals surface area contributed by atoms with Gasteiger partial charge in [-0.05, 0) is 12.1 Å². The summed E-state index contributed by atoms with van der Waals surface area (Å²) in [5, 5.41) is 0.297. The molecule has 4 heteroatoms. The third-order valence-corrected chi connectivity index (χ3v) is 2.23. The maximum absolute atomic E-state index is 13.3. The topological polar surface area (TPSA) is 41.8 Å². The van der Waals surface area contributed by atoms with E-state index in [-0.39, 0.29) is 6.54 Å². The zero-order valence-electron chi connectivity index (χ0n) is 7.43. The molecule has 0 spiro atoms. The second kappa shape index (κ2) is 3.38. The van der Waals surface area contributed by atoms with Crippen molar-refractivity contribution in [2.24, 2.45) is 5.73 Å². The summed E-state index contributed by atoms with van der Waals surface area (Å²) >= 11 is 0. The lowest BCUT2D eigenvalue weighted by Gasteiger charge is -2.03. The number of aromatic amines is 1. The highest BCUT2D eigenvalue weighted by Gasteiger charge is 2.15. The number of halogens is 2. The first kappa shape index (κ1) is 9.15. The maximum Gasteiger partial charge on any atom is 0.139 e. The fourth-order valence-electron chi connectivity index (χ4n) is 1.54. The lowest BCUT2D eigenvalue weighted by Crippen LogP contribution is -2.07. The minimum absolute atomic E-state index is 0.138. The molecule has 0 saturated carbocycles. The van der Waals surface area contributed by atoms with E-state index < -0.39 is 12.0 Å². The van der Waals surface area contributed by atoms with Gasteiger partial charge in [0.1, 0.15) is 12.0 Å². The van der Waals surface area contributed by atoms with Crippen molar-refractivity contribution < 1.29 is 8.78 Å². The molecule has 74 valence electrons. The molecule has 3 N–H and O–H groups in total. The molecule has 1 atom stereocenters. The van der Waals surface area contributed by atoms with Crippen LogP contribution in [0.2, 0.25) is 0 Å². The predicted molar refractivity (Wildman–Crippen MR) is 51.2 cm³/mol. The van der Waals surface area contributed by atoms with Gasteiger partial charge in [-0.2, -0.15) is 0 Å². The van der Waals surface area contributed by atoms with E-state index in [1.54, 1.807) is 12.1 Å². The minimum atomic E-state index is -1.32. The van der Waals surface area contributed by atoms with Crippen LogP contribution in [-0.4, -0.2) is 11.5 Å². The van der Waals surface area contributed by atoms with Crippen LogP contribution in [0.15, 0.2) is 24.4 Å². The van der Waals surface area contributed by atoms with Gasteiger partial charge in [0.2, 0.25) is 0 Å². The number of H-pyrrole nitrogens is 1. The summed E-state index contributed by atoms with van der Waals surface area (Å²) in [4.78, 5) is 2.81. The van der Waals surface area contributed by atoms with Gasteiger partial charge in [-0.1, -0.05) is 6.07 Å². The molecule has 1 unspecified atom stereocenters. The van der Waals surface area contributed by atoms with E-state index in [9.17, 15) is 8.78 Å². The Morgan fingerprint density at radius 1 is 1.43 bits per heavy atom. The molecular weight excluding hydrogens is 186 g/mol. The summed E-state index contributed by atoms with van der Waals surface area (Å²) in [5.41, 5.74) is 6.08. The molecule has 0 bridgehead atoms. The normalized spacial score (nSPS) is 13.4. The third kappa shape index (κ3) is 1.28. The van der Waals surface area contributed by atoms with Crippen molar-refractivity contribution in [2.75, 3.05) is 6.54 Å². The summed E-state index contributed by atoms with van der Waals surface area (Å²) in [6.45, 7) is -0.138. The molecule has 0 amide bonds. The zero-order valence-corrected chi connectivity index (χ0v) is 7.43. The lowest BCUT2D eigenvalue weighted by molar-refractivity contribution is 0.354. The Bertz CT molecular complexity index is 450. The molecule has 2 nitrogen and oxygen atoms in total. The van der Waals surface area contributed by atoms with Crippen LogP contribution in [0, 0.1) is 5.82 Å². The fraction of sp³-hybridized carbons (Fsp3) is 0.200. The average molecular weight is 196 g/mol. The van der Waals surface area contributed by atoms with E-state index in [0.29, 0.717) is 16.5 Å². The first-order valence-electron chi connectivity index (χ1n) is 4.33. The molecule has 0 aliphatic rings. The number of alkyl halides is 1. The van der Waals surface area contributed by atoms with E-state index in [1.807, 2.05) is 0 Å². The van der Waals surface area contributed by atoms with Gasteiger partial charge in [-0.25, -0.2) is 8.78 Å². The quantitative estimate of drug-likeness (QED) is 0.760. The van der Waals surface area contributed by atoms with Crippen molar-refractivity contribution in [3.63, 3.8) is 0 Å². The van der Waals surface area contributed by atoms with Crippen molar-refractivity contribution in [3.05, 3.63) is 35.8 Å². The highest BCUT2D eigenvalue weighted by molar-refractivity contribution is 5.84. The number of benzene rings is 1. The molecule has 1 aromatic carbocycles. The maximum atomic E-state index is 13.3. The van der Waals surface area contributed by atoms with Gasteiger partial charge >= 0.3 is 0 Å². The summed E-state index contributed by atoms with van der Waals surface area (Å²) in [7, 11) is 0. The number of rotatable bonds is 2. The van der Waals surface area contributed by atoms with Crippen molar-refractivity contribution in [1.82, 2.24) is 4.98 Å². The molecule has 1 aromatic heterocycles. The highest BCUT2D eigenvalue weighted by Crippen LogP contribution is 2.27. The lowest BCUT2D eigenvalue weighted by atomic mass is 10.1. The highest BCUT2D eigenvalue weighted by atomic mass is 19.1. The van der Waals surface area contributed by atoms with Crippen LogP contribution in [0.5, 0.6) is 0 Å². The molecule has 0 saturated heterocycles. The SMILES string of the molecule is NCC(F)c1c[nH]c2cccc(F)c12. The van der Waals surface area contributed by atoms with E-state index in [0.717, 1.165) is 0 Å².